The summed E-state index contributed by atoms with van der Waals surface area (Å²) in [5.41, 5.74) is 0. The van der Waals surface area contributed by atoms with Crippen LogP contribution in [0.25, 0.3) is 0 Å². The van der Waals surface area contributed by atoms with Crippen LogP contribution in [-0.4, -0.2) is 48.3 Å². The van der Waals surface area contributed by atoms with Gasteiger partial charge in [0.25, 0.3) is 0 Å². The highest BCUT2D eigenvalue weighted by Gasteiger charge is 2.27. The van der Waals surface area contributed by atoms with Gasteiger partial charge in [-0.05, 0) is 44.4 Å². The molecule has 2 rings (SSSR count). The minimum absolute atomic E-state index is 0.0363. The van der Waals surface area contributed by atoms with Gasteiger partial charge in [0.05, 0.1) is 5.75 Å². The van der Waals surface area contributed by atoms with Crippen LogP contribution in [0.2, 0.25) is 0 Å². The standard InChI is InChI=1S/C14H25N3O4S3/c1-3-23(18,19)16-9-7-12-4-5-14(22-12)24(20,21)17-13-10-15-8-6-11(13)2/h4-5,11,13,15-17H,3,6-10H2,1-2H3. The molecule has 3 N–H and O–H groups in total. The Morgan fingerprint density at radius 1 is 1.29 bits per heavy atom. The molecule has 10 heteroatoms. The molecular weight excluding hydrogens is 370 g/mol. The summed E-state index contributed by atoms with van der Waals surface area (Å²) in [4.78, 5) is 0.837. The molecule has 7 nitrogen and oxygen atoms in total. The molecule has 2 heterocycles. The molecule has 0 spiro atoms. The van der Waals surface area contributed by atoms with E-state index in [0.717, 1.165) is 17.8 Å². The Bertz CT molecular complexity index is 743. The van der Waals surface area contributed by atoms with Gasteiger partial charge in [0.2, 0.25) is 20.0 Å². The van der Waals surface area contributed by atoms with Crippen molar-refractivity contribution in [3.8, 4) is 0 Å². The van der Waals surface area contributed by atoms with E-state index in [4.69, 9.17) is 0 Å². The predicted octanol–water partition coefficient (Wildman–Crippen LogP) is 0.506. The molecule has 1 fully saturated rings. The third kappa shape index (κ3) is 5.50. The number of hydrogen-bond donors (Lipinski definition) is 3. The summed E-state index contributed by atoms with van der Waals surface area (Å²) < 4.78 is 53.3. The van der Waals surface area contributed by atoms with Crippen LogP contribution < -0.4 is 14.8 Å². The van der Waals surface area contributed by atoms with E-state index in [0.29, 0.717) is 18.9 Å². The Morgan fingerprint density at radius 2 is 2.04 bits per heavy atom. The Kier molecular flexibility index (Phi) is 6.80. The Balaban J connectivity index is 1.95. The first-order valence-electron chi connectivity index (χ1n) is 8.02. The number of sulfonamides is 2. The molecule has 1 aromatic heterocycles. The molecule has 138 valence electrons. The molecule has 1 aliphatic rings. The van der Waals surface area contributed by atoms with E-state index < -0.39 is 20.0 Å². The summed E-state index contributed by atoms with van der Waals surface area (Å²) in [7, 11) is -6.76. The van der Waals surface area contributed by atoms with E-state index >= 15 is 0 Å². The average molecular weight is 396 g/mol. The fourth-order valence-corrected chi connectivity index (χ4v) is 5.81. The van der Waals surface area contributed by atoms with Crippen molar-refractivity contribution in [1.29, 1.82) is 0 Å². The van der Waals surface area contributed by atoms with Crippen LogP contribution in [0.5, 0.6) is 0 Å². The molecule has 0 aromatic carbocycles. The van der Waals surface area contributed by atoms with E-state index in [-0.39, 0.29) is 22.5 Å². The summed E-state index contributed by atoms with van der Waals surface area (Å²) in [5, 5.41) is 3.20. The quantitative estimate of drug-likeness (QED) is 0.595. The van der Waals surface area contributed by atoms with Crippen LogP contribution in [0.4, 0.5) is 0 Å². The van der Waals surface area contributed by atoms with Gasteiger partial charge in [-0.3, -0.25) is 0 Å². The van der Waals surface area contributed by atoms with Gasteiger partial charge < -0.3 is 5.32 Å². The lowest BCUT2D eigenvalue weighted by Crippen LogP contribution is -2.49. The monoisotopic (exact) mass is 395 g/mol. The fourth-order valence-electron chi connectivity index (χ4n) is 2.47. The zero-order valence-corrected chi connectivity index (χ0v) is 16.4. The van der Waals surface area contributed by atoms with Gasteiger partial charge >= 0.3 is 0 Å². The molecule has 2 unspecified atom stereocenters. The van der Waals surface area contributed by atoms with Gasteiger partial charge in [-0.1, -0.05) is 6.92 Å². The summed E-state index contributed by atoms with van der Waals surface area (Å²) in [6.07, 6.45) is 1.42. The topological polar surface area (TPSA) is 104 Å². The summed E-state index contributed by atoms with van der Waals surface area (Å²) >= 11 is 1.18. The molecule has 0 amide bonds. The Morgan fingerprint density at radius 3 is 2.71 bits per heavy atom. The van der Waals surface area contributed by atoms with Crippen LogP contribution in [0.15, 0.2) is 16.3 Å². The third-order valence-electron chi connectivity index (χ3n) is 4.11. The van der Waals surface area contributed by atoms with Crippen molar-refractivity contribution in [1.82, 2.24) is 14.8 Å². The molecular formula is C14H25N3O4S3. The maximum absolute atomic E-state index is 12.5. The highest BCUT2D eigenvalue weighted by molar-refractivity contribution is 7.91. The van der Waals surface area contributed by atoms with E-state index in [1.54, 1.807) is 19.1 Å². The number of rotatable bonds is 8. The first kappa shape index (κ1) is 19.8. The van der Waals surface area contributed by atoms with Gasteiger partial charge in [0, 0.05) is 24.0 Å². The molecule has 2 atom stereocenters. The highest BCUT2D eigenvalue weighted by atomic mass is 32.2. The van der Waals surface area contributed by atoms with Crippen LogP contribution >= 0.6 is 11.3 Å². The SMILES string of the molecule is CCS(=O)(=O)NCCc1ccc(S(=O)(=O)NC2CNCCC2C)s1. The van der Waals surface area contributed by atoms with Gasteiger partial charge in [0.15, 0.2) is 0 Å². The number of hydrogen-bond acceptors (Lipinski definition) is 6. The second-order valence-corrected chi connectivity index (χ2v) is 11.2. The third-order valence-corrected chi connectivity index (χ3v) is 8.64. The van der Waals surface area contributed by atoms with Gasteiger partial charge in [0.1, 0.15) is 4.21 Å². The van der Waals surface area contributed by atoms with E-state index in [1.165, 1.54) is 11.3 Å². The van der Waals surface area contributed by atoms with Crippen LogP contribution in [0, 0.1) is 5.92 Å². The maximum Gasteiger partial charge on any atom is 0.250 e. The highest BCUT2D eigenvalue weighted by Crippen LogP contribution is 2.23. The lowest BCUT2D eigenvalue weighted by atomic mass is 9.96. The lowest BCUT2D eigenvalue weighted by molar-refractivity contribution is 0.327. The molecule has 1 saturated heterocycles. The zero-order chi connectivity index (χ0) is 17.8. The van der Waals surface area contributed by atoms with Gasteiger partial charge in [-0.25, -0.2) is 26.3 Å². The van der Waals surface area contributed by atoms with E-state index in [9.17, 15) is 16.8 Å². The number of piperidine rings is 1. The second kappa shape index (κ2) is 8.24. The Hall–Kier alpha value is -0.520. The molecule has 0 bridgehead atoms. The van der Waals surface area contributed by atoms with Crippen molar-refractivity contribution in [3.63, 3.8) is 0 Å². The van der Waals surface area contributed by atoms with Crippen molar-refractivity contribution in [2.24, 2.45) is 5.92 Å². The zero-order valence-electron chi connectivity index (χ0n) is 13.9. The van der Waals surface area contributed by atoms with Crippen molar-refractivity contribution in [2.45, 2.75) is 36.9 Å². The van der Waals surface area contributed by atoms with Crippen LogP contribution in [-0.2, 0) is 26.5 Å². The lowest BCUT2D eigenvalue weighted by Gasteiger charge is -2.29. The molecule has 1 aliphatic heterocycles. The van der Waals surface area contributed by atoms with E-state index in [2.05, 4.69) is 14.8 Å². The maximum atomic E-state index is 12.5. The van der Waals surface area contributed by atoms with Gasteiger partial charge in [-0.15, -0.1) is 11.3 Å². The minimum atomic E-state index is -3.54. The molecule has 0 aliphatic carbocycles. The molecule has 0 radical (unpaired) electrons. The summed E-state index contributed by atoms with van der Waals surface area (Å²) in [6, 6.07) is 3.21. The van der Waals surface area contributed by atoms with Crippen molar-refractivity contribution >= 4 is 31.4 Å². The molecule has 24 heavy (non-hydrogen) atoms. The van der Waals surface area contributed by atoms with Crippen molar-refractivity contribution in [3.05, 3.63) is 17.0 Å². The van der Waals surface area contributed by atoms with Crippen molar-refractivity contribution in [2.75, 3.05) is 25.4 Å². The fraction of sp³-hybridized carbons (Fsp3) is 0.714. The Labute approximate surface area is 148 Å². The van der Waals surface area contributed by atoms with Crippen LogP contribution in [0.3, 0.4) is 0 Å². The normalized spacial score (nSPS) is 22.6. The smallest absolute Gasteiger partial charge is 0.250 e. The predicted molar refractivity (Wildman–Crippen MR) is 96.2 cm³/mol. The van der Waals surface area contributed by atoms with Crippen LogP contribution in [0.1, 0.15) is 25.1 Å². The van der Waals surface area contributed by atoms with Gasteiger partial charge in [-0.2, -0.15) is 0 Å². The average Bonchev–Trinajstić information content (AvgIpc) is 2.99. The summed E-state index contributed by atoms with van der Waals surface area (Å²) in [6.45, 7) is 5.44. The largest absolute Gasteiger partial charge is 0.315 e. The first-order chi connectivity index (χ1) is 11.2. The minimum Gasteiger partial charge on any atom is -0.315 e. The number of thiophene rings is 1. The van der Waals surface area contributed by atoms with Crippen molar-refractivity contribution < 1.29 is 16.8 Å². The number of nitrogens with one attached hydrogen (secondary N) is 3. The summed E-state index contributed by atoms with van der Waals surface area (Å²) in [5.74, 6) is 0.332. The first-order valence-corrected chi connectivity index (χ1v) is 12.0. The second-order valence-electron chi connectivity index (χ2n) is 5.97. The molecule has 1 aromatic rings. The van der Waals surface area contributed by atoms with E-state index in [1.807, 2.05) is 6.92 Å². The molecule has 0 saturated carbocycles.